The number of hydrogen-bond donors (Lipinski definition) is 1. The number of unbranched alkanes of at least 4 members (excludes halogenated alkanes) is 2. The Morgan fingerprint density at radius 3 is 2.81 bits per heavy atom. The van der Waals surface area contributed by atoms with Crippen LogP contribution in [0.25, 0.3) is 0 Å². The number of nitrogens with one attached hydrogen (secondary N) is 1. The summed E-state index contributed by atoms with van der Waals surface area (Å²) in [6.07, 6.45) is 6.38. The topological polar surface area (TPSA) is 15.3 Å². The molecule has 2 nitrogen and oxygen atoms in total. The molecule has 4 heteroatoms. The van der Waals surface area contributed by atoms with Crippen LogP contribution in [-0.4, -0.2) is 31.1 Å². The summed E-state index contributed by atoms with van der Waals surface area (Å²) in [6.45, 7) is 7.84. The molecule has 0 aromatic heterocycles. The fourth-order valence-electron chi connectivity index (χ4n) is 2.92. The molecule has 1 aliphatic rings. The zero-order valence-electron chi connectivity index (χ0n) is 12.5. The minimum Gasteiger partial charge on any atom is -0.314 e. The fourth-order valence-corrected chi connectivity index (χ4v) is 3.44. The van der Waals surface area contributed by atoms with E-state index in [4.69, 9.17) is 0 Å². The molecule has 1 aromatic rings. The van der Waals surface area contributed by atoms with Crippen molar-refractivity contribution in [3.63, 3.8) is 0 Å². The molecule has 1 aliphatic heterocycles. The molecule has 0 amide bonds. The van der Waals surface area contributed by atoms with Gasteiger partial charge >= 0.3 is 0 Å². The maximum Gasteiger partial charge on any atom is 0.123 e. The van der Waals surface area contributed by atoms with Crippen LogP contribution in [-0.2, 0) is 0 Å². The predicted molar refractivity (Wildman–Crippen MR) is 89.9 cm³/mol. The van der Waals surface area contributed by atoms with Gasteiger partial charge in [-0.15, -0.1) is 6.58 Å². The highest BCUT2D eigenvalue weighted by atomic mass is 79.9. The lowest BCUT2D eigenvalue weighted by molar-refractivity contribution is 0.162. The molecule has 1 heterocycles. The number of halogens is 2. The normalized spacial score (nSPS) is 17.6. The number of piperazine rings is 1. The molecule has 0 bridgehead atoms. The Balaban J connectivity index is 2.13. The second-order valence-electron chi connectivity index (χ2n) is 5.54. The van der Waals surface area contributed by atoms with Gasteiger partial charge in [0.05, 0.1) is 0 Å². The third kappa shape index (κ3) is 4.90. The lowest BCUT2D eigenvalue weighted by Crippen LogP contribution is -2.45. The van der Waals surface area contributed by atoms with Gasteiger partial charge in [-0.05, 0) is 43.0 Å². The summed E-state index contributed by atoms with van der Waals surface area (Å²) in [6, 6.07) is 5.32. The zero-order valence-corrected chi connectivity index (χ0v) is 14.0. The fraction of sp³-hybridized carbons (Fsp3) is 0.529. The van der Waals surface area contributed by atoms with Crippen LogP contribution in [0.3, 0.4) is 0 Å². The molecular formula is C17H24BrFN2. The van der Waals surface area contributed by atoms with Crippen molar-refractivity contribution >= 4 is 15.9 Å². The zero-order chi connectivity index (χ0) is 15.1. The van der Waals surface area contributed by atoms with Crippen molar-refractivity contribution < 1.29 is 4.39 Å². The van der Waals surface area contributed by atoms with Crippen molar-refractivity contribution in [3.05, 3.63) is 46.7 Å². The molecule has 0 radical (unpaired) electrons. The number of rotatable bonds is 7. The van der Waals surface area contributed by atoms with Crippen LogP contribution in [0.5, 0.6) is 0 Å². The Bertz CT molecular complexity index is 458. The predicted octanol–water partition coefficient (Wildman–Crippen LogP) is 4.28. The second kappa shape index (κ2) is 8.66. The first-order chi connectivity index (χ1) is 10.2. The van der Waals surface area contributed by atoms with Gasteiger partial charge in [-0.25, -0.2) is 4.39 Å². The lowest BCUT2D eigenvalue weighted by atomic mass is 9.98. The van der Waals surface area contributed by atoms with Crippen LogP contribution in [0.2, 0.25) is 0 Å². The summed E-state index contributed by atoms with van der Waals surface area (Å²) in [5.41, 5.74) is 1.08. The minimum atomic E-state index is -0.153. The van der Waals surface area contributed by atoms with Crippen molar-refractivity contribution in [3.8, 4) is 0 Å². The Hall–Kier alpha value is -0.710. The molecule has 1 N–H and O–H groups in total. The molecule has 0 unspecified atom stereocenters. The molecule has 116 valence electrons. The molecule has 1 fully saturated rings. The van der Waals surface area contributed by atoms with Crippen LogP contribution in [0, 0.1) is 5.82 Å². The summed E-state index contributed by atoms with van der Waals surface area (Å²) in [5.74, 6) is -0.153. The van der Waals surface area contributed by atoms with E-state index in [9.17, 15) is 4.39 Å². The Morgan fingerprint density at radius 2 is 2.10 bits per heavy atom. The first-order valence-corrected chi connectivity index (χ1v) is 8.52. The van der Waals surface area contributed by atoms with Gasteiger partial charge in [0.25, 0.3) is 0 Å². The first kappa shape index (κ1) is 16.7. The average Bonchev–Trinajstić information content (AvgIpc) is 2.51. The molecule has 21 heavy (non-hydrogen) atoms. The Morgan fingerprint density at radius 1 is 1.33 bits per heavy atom. The minimum absolute atomic E-state index is 0.153. The summed E-state index contributed by atoms with van der Waals surface area (Å²) in [7, 11) is 0. The van der Waals surface area contributed by atoms with E-state index < -0.39 is 0 Å². The van der Waals surface area contributed by atoms with Gasteiger partial charge in [0.2, 0.25) is 0 Å². The van der Waals surface area contributed by atoms with Gasteiger partial charge in [-0.3, -0.25) is 4.90 Å². The summed E-state index contributed by atoms with van der Waals surface area (Å²) in [5, 5.41) is 3.38. The highest BCUT2D eigenvalue weighted by Crippen LogP contribution is 2.32. The largest absolute Gasteiger partial charge is 0.314 e. The standard InChI is InChI=1S/C17H24BrFN2/c1-2-3-4-5-6-17(21-11-9-20-10-12-21)15-13-14(19)7-8-16(15)18/h2,7-8,13,17,20H,1,3-6,9-12H2/t17-/m0/s1. The third-order valence-electron chi connectivity index (χ3n) is 4.05. The van der Waals surface area contributed by atoms with Gasteiger partial charge in [0.1, 0.15) is 5.82 Å². The van der Waals surface area contributed by atoms with Gasteiger partial charge in [0, 0.05) is 36.7 Å². The van der Waals surface area contributed by atoms with Crippen molar-refractivity contribution in [2.75, 3.05) is 26.2 Å². The van der Waals surface area contributed by atoms with Crippen LogP contribution in [0.15, 0.2) is 35.3 Å². The summed E-state index contributed by atoms with van der Waals surface area (Å²) < 4.78 is 14.7. The summed E-state index contributed by atoms with van der Waals surface area (Å²) in [4.78, 5) is 2.48. The number of hydrogen-bond acceptors (Lipinski definition) is 2. The first-order valence-electron chi connectivity index (χ1n) is 7.73. The van der Waals surface area contributed by atoms with Crippen molar-refractivity contribution in [2.45, 2.75) is 31.7 Å². The van der Waals surface area contributed by atoms with E-state index in [0.29, 0.717) is 6.04 Å². The van der Waals surface area contributed by atoms with Crippen LogP contribution in [0.4, 0.5) is 4.39 Å². The van der Waals surface area contributed by atoms with E-state index in [1.165, 1.54) is 6.07 Å². The van der Waals surface area contributed by atoms with Crippen molar-refractivity contribution in [1.82, 2.24) is 10.2 Å². The van der Waals surface area contributed by atoms with Crippen LogP contribution >= 0.6 is 15.9 Å². The third-order valence-corrected chi connectivity index (χ3v) is 4.77. The van der Waals surface area contributed by atoms with Gasteiger partial charge in [-0.1, -0.05) is 28.4 Å². The van der Waals surface area contributed by atoms with Crippen LogP contribution in [0.1, 0.15) is 37.3 Å². The number of benzene rings is 1. The molecule has 1 saturated heterocycles. The molecule has 1 aromatic carbocycles. The Kier molecular flexibility index (Phi) is 6.87. The molecule has 0 spiro atoms. The van der Waals surface area contributed by atoms with E-state index in [1.807, 2.05) is 12.1 Å². The van der Waals surface area contributed by atoms with E-state index in [-0.39, 0.29) is 5.82 Å². The van der Waals surface area contributed by atoms with E-state index in [1.54, 1.807) is 6.07 Å². The SMILES string of the molecule is C=CCCCC[C@@H](c1cc(F)ccc1Br)N1CCNCC1. The molecule has 0 saturated carbocycles. The maximum atomic E-state index is 13.7. The molecule has 1 atom stereocenters. The Labute approximate surface area is 135 Å². The van der Waals surface area contributed by atoms with E-state index in [2.05, 4.69) is 32.7 Å². The highest BCUT2D eigenvalue weighted by molar-refractivity contribution is 9.10. The lowest BCUT2D eigenvalue weighted by Gasteiger charge is -2.36. The van der Waals surface area contributed by atoms with Crippen LogP contribution < -0.4 is 5.32 Å². The quantitative estimate of drug-likeness (QED) is 0.580. The highest BCUT2D eigenvalue weighted by Gasteiger charge is 2.23. The second-order valence-corrected chi connectivity index (χ2v) is 6.40. The summed E-state index contributed by atoms with van der Waals surface area (Å²) >= 11 is 3.60. The monoisotopic (exact) mass is 354 g/mol. The van der Waals surface area contributed by atoms with Crippen molar-refractivity contribution in [2.24, 2.45) is 0 Å². The van der Waals surface area contributed by atoms with Gasteiger partial charge in [-0.2, -0.15) is 0 Å². The molecular weight excluding hydrogens is 331 g/mol. The van der Waals surface area contributed by atoms with Crippen molar-refractivity contribution in [1.29, 1.82) is 0 Å². The molecule has 0 aliphatic carbocycles. The maximum absolute atomic E-state index is 13.7. The number of allylic oxidation sites excluding steroid dienone is 1. The van der Waals surface area contributed by atoms with E-state index in [0.717, 1.165) is 61.9 Å². The average molecular weight is 355 g/mol. The van der Waals surface area contributed by atoms with E-state index >= 15 is 0 Å². The number of nitrogens with zero attached hydrogens (tertiary/aromatic N) is 1. The van der Waals surface area contributed by atoms with Gasteiger partial charge in [0.15, 0.2) is 0 Å². The molecule has 2 rings (SSSR count). The van der Waals surface area contributed by atoms with Gasteiger partial charge < -0.3 is 5.32 Å². The smallest absolute Gasteiger partial charge is 0.123 e.